The molecule has 0 aliphatic heterocycles. The van der Waals surface area contributed by atoms with Gasteiger partial charge < -0.3 is 14.8 Å². The number of terminal acetylenes is 1. The Hall–Kier alpha value is -1.82. The van der Waals surface area contributed by atoms with E-state index in [4.69, 9.17) is 15.9 Å². The Bertz CT molecular complexity index is 333. The van der Waals surface area contributed by atoms with Gasteiger partial charge in [0.05, 0.1) is 14.2 Å². The number of benzene rings is 1. The number of methoxy groups -OCH3 is 2. The van der Waals surface area contributed by atoms with E-state index >= 15 is 0 Å². The van der Waals surface area contributed by atoms with Gasteiger partial charge in [0.1, 0.15) is 11.5 Å². The summed E-state index contributed by atoms with van der Waals surface area (Å²) in [4.78, 5) is 0. The molecule has 0 aliphatic carbocycles. The number of ether oxygens (including phenoxy) is 2. The molecule has 0 radical (unpaired) electrons. The summed E-state index contributed by atoms with van der Waals surface area (Å²) in [6.45, 7) is 0.743. The van der Waals surface area contributed by atoms with E-state index in [1.165, 1.54) is 0 Å². The van der Waals surface area contributed by atoms with E-state index in [0.717, 1.165) is 23.7 Å². The maximum Gasteiger partial charge on any atom is 0.124 e. The van der Waals surface area contributed by atoms with E-state index in [1.807, 2.05) is 18.2 Å². The second-order valence-electron chi connectivity index (χ2n) is 2.98. The van der Waals surface area contributed by atoms with Crippen LogP contribution in [0.1, 0.15) is 6.42 Å². The van der Waals surface area contributed by atoms with Gasteiger partial charge in [-0.3, -0.25) is 0 Å². The van der Waals surface area contributed by atoms with Crippen LogP contribution in [0.4, 0.5) is 5.69 Å². The van der Waals surface area contributed by atoms with Gasteiger partial charge in [0, 0.05) is 36.9 Å². The molecule has 15 heavy (non-hydrogen) atoms. The van der Waals surface area contributed by atoms with Gasteiger partial charge in [-0.05, 0) is 0 Å². The van der Waals surface area contributed by atoms with Crippen LogP contribution >= 0.6 is 0 Å². The van der Waals surface area contributed by atoms with Crippen molar-refractivity contribution in [3.8, 4) is 23.8 Å². The van der Waals surface area contributed by atoms with Crippen LogP contribution in [-0.4, -0.2) is 20.8 Å². The molecule has 1 aromatic rings. The molecule has 0 spiro atoms. The van der Waals surface area contributed by atoms with Crippen LogP contribution < -0.4 is 14.8 Å². The molecule has 1 rings (SSSR count). The molecule has 0 aromatic heterocycles. The van der Waals surface area contributed by atoms with Gasteiger partial charge in [0.15, 0.2) is 0 Å². The molecule has 0 saturated heterocycles. The minimum Gasteiger partial charge on any atom is -0.497 e. The SMILES string of the molecule is C#CCCNc1cc(OC)cc(OC)c1. The summed E-state index contributed by atoms with van der Waals surface area (Å²) in [6.07, 6.45) is 5.86. The fourth-order valence-electron chi connectivity index (χ4n) is 1.19. The fraction of sp³-hybridized carbons (Fsp3) is 0.333. The Balaban J connectivity index is 2.74. The lowest BCUT2D eigenvalue weighted by Crippen LogP contribution is -2.00. The highest BCUT2D eigenvalue weighted by atomic mass is 16.5. The molecule has 0 saturated carbocycles. The van der Waals surface area contributed by atoms with Crippen LogP contribution in [0, 0.1) is 12.3 Å². The second-order valence-corrected chi connectivity index (χ2v) is 2.98. The first kappa shape index (κ1) is 11.3. The smallest absolute Gasteiger partial charge is 0.124 e. The molecular formula is C12H15NO2. The van der Waals surface area contributed by atoms with Crippen molar-refractivity contribution in [2.24, 2.45) is 0 Å². The van der Waals surface area contributed by atoms with Crippen molar-refractivity contribution in [1.29, 1.82) is 0 Å². The second kappa shape index (κ2) is 5.82. The highest BCUT2D eigenvalue weighted by Gasteiger charge is 2.00. The Kier molecular flexibility index (Phi) is 4.36. The predicted molar refractivity (Wildman–Crippen MR) is 61.5 cm³/mol. The first-order chi connectivity index (χ1) is 7.30. The van der Waals surface area contributed by atoms with Gasteiger partial charge in [-0.2, -0.15) is 0 Å². The number of hydrogen-bond donors (Lipinski definition) is 1. The van der Waals surface area contributed by atoms with Crippen LogP contribution in [0.2, 0.25) is 0 Å². The molecule has 0 atom stereocenters. The summed E-state index contributed by atoms with van der Waals surface area (Å²) in [7, 11) is 3.25. The minimum atomic E-state index is 0.694. The molecular weight excluding hydrogens is 190 g/mol. The average Bonchev–Trinajstić information content (AvgIpc) is 2.29. The van der Waals surface area contributed by atoms with Crippen molar-refractivity contribution in [1.82, 2.24) is 0 Å². The van der Waals surface area contributed by atoms with Gasteiger partial charge in [0.2, 0.25) is 0 Å². The summed E-state index contributed by atoms with van der Waals surface area (Å²) < 4.78 is 10.3. The van der Waals surface area contributed by atoms with Crippen LogP contribution in [0.3, 0.4) is 0 Å². The largest absolute Gasteiger partial charge is 0.497 e. The normalized spacial score (nSPS) is 9.13. The van der Waals surface area contributed by atoms with Crippen molar-refractivity contribution in [2.45, 2.75) is 6.42 Å². The highest BCUT2D eigenvalue weighted by molar-refractivity contribution is 5.53. The van der Waals surface area contributed by atoms with E-state index in [9.17, 15) is 0 Å². The lowest BCUT2D eigenvalue weighted by atomic mass is 10.2. The molecule has 1 N–H and O–H groups in total. The number of anilines is 1. The van der Waals surface area contributed by atoms with Crippen molar-refractivity contribution in [3.05, 3.63) is 18.2 Å². The zero-order valence-corrected chi connectivity index (χ0v) is 9.04. The third kappa shape index (κ3) is 3.43. The molecule has 3 heteroatoms. The molecule has 80 valence electrons. The van der Waals surface area contributed by atoms with Crippen molar-refractivity contribution in [2.75, 3.05) is 26.1 Å². The zero-order valence-electron chi connectivity index (χ0n) is 9.04. The summed E-state index contributed by atoms with van der Waals surface area (Å²) in [5.74, 6) is 4.09. The number of nitrogens with one attached hydrogen (secondary N) is 1. The Morgan fingerprint density at radius 1 is 1.20 bits per heavy atom. The Morgan fingerprint density at radius 3 is 2.27 bits per heavy atom. The average molecular weight is 205 g/mol. The Morgan fingerprint density at radius 2 is 1.80 bits per heavy atom. The van der Waals surface area contributed by atoms with Crippen LogP contribution in [0.5, 0.6) is 11.5 Å². The first-order valence-electron chi connectivity index (χ1n) is 4.70. The monoisotopic (exact) mass is 205 g/mol. The van der Waals surface area contributed by atoms with Crippen LogP contribution in [0.15, 0.2) is 18.2 Å². The van der Waals surface area contributed by atoms with Crippen LogP contribution in [-0.2, 0) is 0 Å². The van der Waals surface area contributed by atoms with E-state index in [1.54, 1.807) is 14.2 Å². The van der Waals surface area contributed by atoms with Gasteiger partial charge in [-0.1, -0.05) is 0 Å². The number of rotatable bonds is 5. The molecule has 0 fully saturated rings. The van der Waals surface area contributed by atoms with Gasteiger partial charge >= 0.3 is 0 Å². The molecule has 0 heterocycles. The third-order valence-corrected chi connectivity index (χ3v) is 1.95. The van der Waals surface area contributed by atoms with Gasteiger partial charge in [-0.25, -0.2) is 0 Å². The molecule has 3 nitrogen and oxygen atoms in total. The topological polar surface area (TPSA) is 30.5 Å². The van der Waals surface area contributed by atoms with Gasteiger partial charge in [0.25, 0.3) is 0 Å². The third-order valence-electron chi connectivity index (χ3n) is 1.95. The Labute approximate surface area is 90.4 Å². The molecule has 0 bridgehead atoms. The van der Waals surface area contributed by atoms with Crippen LogP contribution in [0.25, 0.3) is 0 Å². The number of hydrogen-bond acceptors (Lipinski definition) is 3. The van der Waals surface area contributed by atoms with E-state index < -0.39 is 0 Å². The molecule has 0 aliphatic rings. The zero-order chi connectivity index (χ0) is 11.1. The van der Waals surface area contributed by atoms with E-state index in [-0.39, 0.29) is 0 Å². The molecule has 1 aromatic carbocycles. The summed E-state index contributed by atoms with van der Waals surface area (Å²) in [6, 6.07) is 5.63. The van der Waals surface area contributed by atoms with E-state index in [0.29, 0.717) is 6.42 Å². The highest BCUT2D eigenvalue weighted by Crippen LogP contribution is 2.25. The summed E-state index contributed by atoms with van der Waals surface area (Å²) >= 11 is 0. The molecule has 0 unspecified atom stereocenters. The fourth-order valence-corrected chi connectivity index (χ4v) is 1.19. The molecule has 0 amide bonds. The lowest BCUT2D eigenvalue weighted by molar-refractivity contribution is 0.394. The minimum absolute atomic E-state index is 0.694. The first-order valence-corrected chi connectivity index (χ1v) is 4.70. The quantitative estimate of drug-likeness (QED) is 0.590. The van der Waals surface area contributed by atoms with Crippen molar-refractivity contribution >= 4 is 5.69 Å². The van der Waals surface area contributed by atoms with E-state index in [2.05, 4.69) is 11.2 Å². The maximum atomic E-state index is 5.17. The summed E-state index contributed by atoms with van der Waals surface area (Å²) in [5, 5.41) is 3.19. The standard InChI is InChI=1S/C12H15NO2/c1-4-5-6-13-10-7-11(14-2)9-12(8-10)15-3/h1,7-9,13H,5-6H2,2-3H3. The van der Waals surface area contributed by atoms with Gasteiger partial charge in [-0.15, -0.1) is 12.3 Å². The lowest BCUT2D eigenvalue weighted by Gasteiger charge is -2.09. The van der Waals surface area contributed by atoms with Crippen molar-refractivity contribution < 1.29 is 9.47 Å². The predicted octanol–water partition coefficient (Wildman–Crippen LogP) is 2.14. The summed E-state index contributed by atoms with van der Waals surface area (Å²) in [5.41, 5.74) is 0.946. The van der Waals surface area contributed by atoms with Crippen molar-refractivity contribution in [3.63, 3.8) is 0 Å². The maximum absolute atomic E-state index is 5.17.